The summed E-state index contributed by atoms with van der Waals surface area (Å²) in [5.74, 6) is 0. The first-order valence-electron chi connectivity index (χ1n) is 3.58. The lowest BCUT2D eigenvalue weighted by molar-refractivity contribution is 0.282. The monoisotopic (exact) mass is 170 g/mol. The molecule has 0 saturated heterocycles. The first kappa shape index (κ1) is 8.57. The Bertz CT molecular complexity index is 216. The summed E-state index contributed by atoms with van der Waals surface area (Å²) in [4.78, 5) is 0. The number of rotatable bonds is 2. The van der Waals surface area contributed by atoms with Gasteiger partial charge in [-0.1, -0.05) is 24.3 Å². The molecular weight excluding hydrogens is 160 g/mol. The average molecular weight is 171 g/mol. The van der Waals surface area contributed by atoms with Crippen LogP contribution in [0.2, 0.25) is 0 Å². The third-order valence-electron chi connectivity index (χ3n) is 1.62. The summed E-state index contributed by atoms with van der Waals surface area (Å²) in [6, 6.07) is 7.63. The minimum atomic E-state index is 0.0442. The molecule has 1 aromatic carbocycles. The van der Waals surface area contributed by atoms with E-state index in [2.05, 4.69) is 0 Å². The summed E-state index contributed by atoms with van der Waals surface area (Å²) in [7, 11) is 0. The van der Waals surface area contributed by atoms with Crippen molar-refractivity contribution in [3.05, 3.63) is 35.4 Å². The Morgan fingerprint density at radius 3 is 2.27 bits per heavy atom. The van der Waals surface area contributed by atoms with Gasteiger partial charge in [-0.15, -0.1) is 11.6 Å². The van der Waals surface area contributed by atoms with Crippen molar-refractivity contribution in [2.45, 2.75) is 18.9 Å². The molecule has 0 aliphatic rings. The SMILES string of the molecule is CC(Cl)c1ccc(CO)cc1. The van der Waals surface area contributed by atoms with Crippen molar-refractivity contribution in [1.29, 1.82) is 0 Å². The molecule has 60 valence electrons. The van der Waals surface area contributed by atoms with Gasteiger partial charge in [-0.05, 0) is 18.1 Å². The molecule has 0 amide bonds. The normalized spacial score (nSPS) is 13.0. The Morgan fingerprint density at radius 1 is 1.36 bits per heavy atom. The molecule has 0 fully saturated rings. The Morgan fingerprint density at radius 2 is 1.91 bits per heavy atom. The summed E-state index contributed by atoms with van der Waals surface area (Å²) >= 11 is 5.84. The maximum atomic E-state index is 8.73. The number of aliphatic hydroxyl groups is 1. The van der Waals surface area contributed by atoms with E-state index in [1.165, 1.54) is 0 Å². The second kappa shape index (κ2) is 3.74. The summed E-state index contributed by atoms with van der Waals surface area (Å²) in [5, 5.41) is 8.78. The van der Waals surface area contributed by atoms with E-state index in [4.69, 9.17) is 16.7 Å². The predicted molar refractivity (Wildman–Crippen MR) is 46.6 cm³/mol. The van der Waals surface area contributed by atoms with Gasteiger partial charge in [0, 0.05) is 0 Å². The molecule has 0 spiro atoms. The van der Waals surface area contributed by atoms with Gasteiger partial charge >= 0.3 is 0 Å². The molecule has 1 nitrogen and oxygen atoms in total. The molecule has 0 aromatic heterocycles. The maximum Gasteiger partial charge on any atom is 0.0681 e. The molecule has 0 aliphatic carbocycles. The fourth-order valence-electron chi connectivity index (χ4n) is 0.888. The van der Waals surface area contributed by atoms with Crippen LogP contribution in [0.25, 0.3) is 0 Å². The van der Waals surface area contributed by atoms with Gasteiger partial charge < -0.3 is 5.11 Å². The van der Waals surface area contributed by atoms with E-state index in [0.29, 0.717) is 0 Å². The van der Waals surface area contributed by atoms with Crippen molar-refractivity contribution in [1.82, 2.24) is 0 Å². The summed E-state index contributed by atoms with van der Waals surface area (Å²) in [6.45, 7) is 2.02. The molecule has 1 N–H and O–H groups in total. The van der Waals surface area contributed by atoms with Gasteiger partial charge in [0.2, 0.25) is 0 Å². The second-order valence-corrected chi connectivity index (χ2v) is 3.17. The molecular formula is C9H11ClO. The molecule has 0 radical (unpaired) electrons. The third kappa shape index (κ3) is 2.21. The number of hydrogen-bond donors (Lipinski definition) is 1. The maximum absolute atomic E-state index is 8.73. The standard InChI is InChI=1S/C9H11ClO/c1-7(10)9-4-2-8(6-11)3-5-9/h2-5,7,11H,6H2,1H3. The van der Waals surface area contributed by atoms with Crippen LogP contribution in [-0.2, 0) is 6.61 Å². The Labute approximate surface area is 71.6 Å². The Kier molecular flexibility index (Phi) is 2.92. The van der Waals surface area contributed by atoms with Gasteiger partial charge in [0.05, 0.1) is 12.0 Å². The number of hydrogen-bond acceptors (Lipinski definition) is 1. The highest BCUT2D eigenvalue weighted by atomic mass is 35.5. The zero-order valence-electron chi connectivity index (χ0n) is 6.42. The topological polar surface area (TPSA) is 20.2 Å². The quantitative estimate of drug-likeness (QED) is 0.677. The molecule has 0 heterocycles. The Hall–Kier alpha value is -0.530. The largest absolute Gasteiger partial charge is 0.392 e. The van der Waals surface area contributed by atoms with Gasteiger partial charge in [-0.2, -0.15) is 0 Å². The molecule has 1 atom stereocenters. The Balaban J connectivity index is 2.83. The summed E-state index contributed by atoms with van der Waals surface area (Å²) in [6.07, 6.45) is 0. The lowest BCUT2D eigenvalue weighted by Crippen LogP contribution is -1.86. The number of alkyl halides is 1. The minimum absolute atomic E-state index is 0.0442. The fraction of sp³-hybridized carbons (Fsp3) is 0.333. The van der Waals surface area contributed by atoms with Crippen molar-refractivity contribution >= 4 is 11.6 Å². The molecule has 1 rings (SSSR count). The number of halogens is 1. The molecule has 1 unspecified atom stereocenters. The van der Waals surface area contributed by atoms with Gasteiger partial charge in [-0.3, -0.25) is 0 Å². The first-order chi connectivity index (χ1) is 5.24. The molecule has 0 saturated carbocycles. The van der Waals surface area contributed by atoms with Crippen LogP contribution < -0.4 is 0 Å². The predicted octanol–water partition coefficient (Wildman–Crippen LogP) is 2.48. The van der Waals surface area contributed by atoms with E-state index in [9.17, 15) is 0 Å². The summed E-state index contributed by atoms with van der Waals surface area (Å²) in [5.41, 5.74) is 2.01. The van der Waals surface area contributed by atoms with Crippen LogP contribution in [0.1, 0.15) is 23.4 Å². The molecule has 2 heteroatoms. The van der Waals surface area contributed by atoms with Crippen molar-refractivity contribution in [2.24, 2.45) is 0 Å². The molecule has 11 heavy (non-hydrogen) atoms. The zero-order valence-corrected chi connectivity index (χ0v) is 7.17. The lowest BCUT2D eigenvalue weighted by atomic mass is 10.1. The van der Waals surface area contributed by atoms with Crippen LogP contribution >= 0.6 is 11.6 Å². The van der Waals surface area contributed by atoms with Crippen molar-refractivity contribution in [3.8, 4) is 0 Å². The van der Waals surface area contributed by atoms with E-state index in [0.717, 1.165) is 11.1 Å². The number of benzene rings is 1. The van der Waals surface area contributed by atoms with Crippen molar-refractivity contribution in [3.63, 3.8) is 0 Å². The number of aliphatic hydroxyl groups excluding tert-OH is 1. The highest BCUT2D eigenvalue weighted by molar-refractivity contribution is 6.20. The van der Waals surface area contributed by atoms with Crippen LogP contribution in [0.4, 0.5) is 0 Å². The summed E-state index contributed by atoms with van der Waals surface area (Å²) < 4.78 is 0. The lowest BCUT2D eigenvalue weighted by Gasteiger charge is -2.02. The van der Waals surface area contributed by atoms with Crippen LogP contribution in [-0.4, -0.2) is 5.11 Å². The van der Waals surface area contributed by atoms with Crippen LogP contribution in [0.3, 0.4) is 0 Å². The van der Waals surface area contributed by atoms with E-state index >= 15 is 0 Å². The van der Waals surface area contributed by atoms with Crippen molar-refractivity contribution in [2.75, 3.05) is 0 Å². The van der Waals surface area contributed by atoms with Gasteiger partial charge in [0.15, 0.2) is 0 Å². The third-order valence-corrected chi connectivity index (χ3v) is 1.87. The zero-order chi connectivity index (χ0) is 8.27. The molecule has 1 aromatic rings. The molecule has 0 bridgehead atoms. The van der Waals surface area contributed by atoms with Gasteiger partial charge in [0.1, 0.15) is 0 Å². The van der Waals surface area contributed by atoms with Crippen molar-refractivity contribution < 1.29 is 5.11 Å². The van der Waals surface area contributed by atoms with E-state index < -0.39 is 0 Å². The van der Waals surface area contributed by atoms with Gasteiger partial charge in [-0.25, -0.2) is 0 Å². The first-order valence-corrected chi connectivity index (χ1v) is 4.01. The van der Waals surface area contributed by atoms with E-state index in [-0.39, 0.29) is 12.0 Å². The van der Waals surface area contributed by atoms with Crippen LogP contribution in [0, 0.1) is 0 Å². The van der Waals surface area contributed by atoms with Crippen LogP contribution in [0.5, 0.6) is 0 Å². The van der Waals surface area contributed by atoms with E-state index in [1.54, 1.807) is 0 Å². The highest BCUT2D eigenvalue weighted by Crippen LogP contribution is 2.19. The minimum Gasteiger partial charge on any atom is -0.392 e. The molecule has 0 aliphatic heterocycles. The second-order valence-electron chi connectivity index (χ2n) is 2.52. The van der Waals surface area contributed by atoms with Gasteiger partial charge in [0.25, 0.3) is 0 Å². The highest BCUT2D eigenvalue weighted by Gasteiger charge is 1.99. The average Bonchev–Trinajstić information content (AvgIpc) is 2.05. The fourth-order valence-corrected chi connectivity index (χ4v) is 1.03. The smallest absolute Gasteiger partial charge is 0.0681 e. The van der Waals surface area contributed by atoms with E-state index in [1.807, 2.05) is 31.2 Å². The van der Waals surface area contributed by atoms with Crippen LogP contribution in [0.15, 0.2) is 24.3 Å².